The molecule has 0 aliphatic rings. The van der Waals surface area contributed by atoms with Crippen LogP contribution in [0.3, 0.4) is 0 Å². The van der Waals surface area contributed by atoms with Crippen molar-refractivity contribution in [3.05, 3.63) is 17.5 Å². The van der Waals surface area contributed by atoms with E-state index < -0.39 is 6.04 Å². The third-order valence-electron chi connectivity index (χ3n) is 3.66. The molecule has 3 atom stereocenters. The molecule has 0 fully saturated rings. The average molecular weight is 252 g/mol. The van der Waals surface area contributed by atoms with Gasteiger partial charge in [-0.3, -0.25) is 9.48 Å². The van der Waals surface area contributed by atoms with Crippen molar-refractivity contribution in [1.82, 2.24) is 15.1 Å². The van der Waals surface area contributed by atoms with Crippen LogP contribution < -0.4 is 11.1 Å². The average Bonchev–Trinajstić information content (AvgIpc) is 2.68. The van der Waals surface area contributed by atoms with Crippen LogP contribution in [-0.2, 0) is 11.8 Å². The van der Waals surface area contributed by atoms with Crippen molar-refractivity contribution in [1.29, 1.82) is 0 Å². The highest BCUT2D eigenvalue weighted by molar-refractivity contribution is 5.82. The van der Waals surface area contributed by atoms with Gasteiger partial charge in [0, 0.05) is 18.3 Å². The quantitative estimate of drug-likeness (QED) is 0.829. The molecule has 0 bridgehead atoms. The van der Waals surface area contributed by atoms with Gasteiger partial charge in [0.05, 0.1) is 18.3 Å². The zero-order valence-corrected chi connectivity index (χ0v) is 11.9. The van der Waals surface area contributed by atoms with Gasteiger partial charge in [-0.2, -0.15) is 5.10 Å². The molecular formula is C13H24N4O. The van der Waals surface area contributed by atoms with Crippen LogP contribution in [0.4, 0.5) is 0 Å². The molecule has 1 rings (SSSR count). The Morgan fingerprint density at radius 3 is 2.61 bits per heavy atom. The Hall–Kier alpha value is -1.36. The van der Waals surface area contributed by atoms with Crippen molar-refractivity contribution in [3.8, 4) is 0 Å². The summed E-state index contributed by atoms with van der Waals surface area (Å²) in [4.78, 5) is 12.0. The second kappa shape index (κ2) is 6.00. The first-order chi connectivity index (χ1) is 8.38. The van der Waals surface area contributed by atoms with Gasteiger partial charge >= 0.3 is 0 Å². The first-order valence-electron chi connectivity index (χ1n) is 6.42. The second-order valence-corrected chi connectivity index (χ2v) is 4.95. The zero-order chi connectivity index (χ0) is 13.9. The Balaban J connectivity index is 2.68. The zero-order valence-electron chi connectivity index (χ0n) is 11.9. The van der Waals surface area contributed by atoms with Crippen molar-refractivity contribution in [2.75, 3.05) is 0 Å². The smallest absolute Gasteiger partial charge is 0.237 e. The van der Waals surface area contributed by atoms with Crippen molar-refractivity contribution in [2.45, 2.75) is 46.2 Å². The monoisotopic (exact) mass is 252 g/mol. The van der Waals surface area contributed by atoms with Crippen LogP contribution >= 0.6 is 0 Å². The lowest BCUT2D eigenvalue weighted by Crippen LogP contribution is -2.45. The molecule has 1 aromatic heterocycles. The predicted octanol–water partition coefficient (Wildman–Crippen LogP) is 1.28. The first-order valence-corrected chi connectivity index (χ1v) is 6.42. The molecule has 0 aliphatic heterocycles. The highest BCUT2D eigenvalue weighted by atomic mass is 16.2. The molecule has 2 unspecified atom stereocenters. The van der Waals surface area contributed by atoms with Crippen molar-refractivity contribution in [2.24, 2.45) is 18.7 Å². The van der Waals surface area contributed by atoms with Gasteiger partial charge in [-0.15, -0.1) is 0 Å². The molecule has 0 aliphatic carbocycles. The number of aryl methyl sites for hydroxylation is 1. The maximum Gasteiger partial charge on any atom is 0.237 e. The molecule has 1 aromatic rings. The van der Waals surface area contributed by atoms with Crippen molar-refractivity contribution >= 4 is 5.91 Å². The van der Waals surface area contributed by atoms with E-state index in [2.05, 4.69) is 10.4 Å². The van der Waals surface area contributed by atoms with E-state index in [-0.39, 0.29) is 17.9 Å². The molecule has 0 aromatic carbocycles. The molecule has 1 heterocycles. The maximum absolute atomic E-state index is 12.0. The largest absolute Gasteiger partial charge is 0.348 e. The Labute approximate surface area is 109 Å². The molecule has 3 N–H and O–H groups in total. The molecule has 1 amide bonds. The van der Waals surface area contributed by atoms with Crippen molar-refractivity contribution < 1.29 is 4.79 Å². The fourth-order valence-corrected chi connectivity index (χ4v) is 1.84. The molecule has 0 spiro atoms. The van der Waals surface area contributed by atoms with Gasteiger partial charge < -0.3 is 11.1 Å². The summed E-state index contributed by atoms with van der Waals surface area (Å²) in [6.07, 6.45) is 2.68. The topological polar surface area (TPSA) is 72.9 Å². The lowest BCUT2D eigenvalue weighted by molar-refractivity contribution is -0.124. The molecule has 5 heteroatoms. The summed E-state index contributed by atoms with van der Waals surface area (Å²) in [7, 11) is 1.89. The van der Waals surface area contributed by atoms with E-state index in [9.17, 15) is 4.79 Å². The van der Waals surface area contributed by atoms with E-state index in [0.29, 0.717) is 0 Å². The summed E-state index contributed by atoms with van der Waals surface area (Å²) >= 11 is 0. The number of nitrogens with two attached hydrogens (primary N) is 1. The third kappa shape index (κ3) is 3.10. The summed E-state index contributed by atoms with van der Waals surface area (Å²) in [5, 5.41) is 7.12. The highest BCUT2D eigenvalue weighted by Crippen LogP contribution is 2.16. The van der Waals surface area contributed by atoms with Gasteiger partial charge in [0.15, 0.2) is 0 Å². The highest BCUT2D eigenvalue weighted by Gasteiger charge is 2.22. The van der Waals surface area contributed by atoms with Crippen LogP contribution in [0.25, 0.3) is 0 Å². The number of rotatable bonds is 5. The lowest BCUT2D eigenvalue weighted by Gasteiger charge is -2.21. The predicted molar refractivity (Wildman–Crippen MR) is 71.9 cm³/mol. The number of hydrogen-bond donors (Lipinski definition) is 2. The Bertz CT molecular complexity index is 413. The van der Waals surface area contributed by atoms with Gasteiger partial charge in [-0.1, -0.05) is 20.3 Å². The van der Waals surface area contributed by atoms with Crippen LogP contribution in [-0.4, -0.2) is 21.7 Å². The van der Waals surface area contributed by atoms with Crippen LogP contribution in [0, 0.1) is 12.8 Å². The van der Waals surface area contributed by atoms with Crippen molar-refractivity contribution in [3.63, 3.8) is 0 Å². The standard InChI is InChI=1S/C13H24N4O/c1-6-8(2)12(14)13(18)16-9(3)11-7-15-17(5)10(11)4/h7-9,12H,6,14H2,1-5H3,(H,16,18)/t8?,9?,12-/m0/s1. The van der Waals surface area contributed by atoms with E-state index >= 15 is 0 Å². The first kappa shape index (κ1) is 14.7. The summed E-state index contributed by atoms with van der Waals surface area (Å²) in [5.74, 6) is 0.0901. The number of aromatic nitrogens is 2. The van der Waals surface area contributed by atoms with Crippen LogP contribution in [0.15, 0.2) is 6.20 Å². The van der Waals surface area contributed by atoms with Gasteiger partial charge in [0.1, 0.15) is 0 Å². The molecular weight excluding hydrogens is 228 g/mol. The number of hydrogen-bond acceptors (Lipinski definition) is 3. The summed E-state index contributed by atoms with van der Waals surface area (Å²) in [6, 6.07) is -0.518. The Kier molecular flexibility index (Phi) is 4.90. The molecule has 0 saturated heterocycles. The minimum Gasteiger partial charge on any atom is -0.348 e. The third-order valence-corrected chi connectivity index (χ3v) is 3.66. The summed E-state index contributed by atoms with van der Waals surface area (Å²) in [5.41, 5.74) is 7.99. The minimum absolute atomic E-state index is 0.0682. The SMILES string of the molecule is CCC(C)[C@H](N)C(=O)NC(C)c1cnn(C)c1C. The van der Waals surface area contributed by atoms with Gasteiger partial charge in [0.25, 0.3) is 0 Å². The van der Waals surface area contributed by atoms with E-state index in [1.165, 1.54) is 0 Å². The van der Waals surface area contributed by atoms with E-state index in [1.807, 2.05) is 34.7 Å². The van der Waals surface area contributed by atoms with Crippen LogP contribution in [0.1, 0.15) is 44.5 Å². The van der Waals surface area contributed by atoms with E-state index in [4.69, 9.17) is 5.73 Å². The van der Waals surface area contributed by atoms with Crippen LogP contribution in [0.5, 0.6) is 0 Å². The van der Waals surface area contributed by atoms with Crippen LogP contribution in [0.2, 0.25) is 0 Å². The maximum atomic E-state index is 12.0. The summed E-state index contributed by atoms with van der Waals surface area (Å²) < 4.78 is 1.80. The molecule has 0 radical (unpaired) electrons. The normalized spacial score (nSPS) is 16.1. The van der Waals surface area contributed by atoms with Gasteiger partial charge in [-0.25, -0.2) is 0 Å². The van der Waals surface area contributed by atoms with E-state index in [0.717, 1.165) is 17.7 Å². The summed E-state index contributed by atoms with van der Waals surface area (Å²) in [6.45, 7) is 7.96. The molecule has 0 saturated carbocycles. The number of carbonyl (C=O) groups is 1. The Morgan fingerprint density at radius 1 is 1.56 bits per heavy atom. The number of amides is 1. The second-order valence-electron chi connectivity index (χ2n) is 4.95. The number of nitrogens with one attached hydrogen (secondary N) is 1. The van der Waals surface area contributed by atoms with Gasteiger partial charge in [0.2, 0.25) is 5.91 Å². The molecule has 102 valence electrons. The van der Waals surface area contributed by atoms with E-state index in [1.54, 1.807) is 10.9 Å². The Morgan fingerprint density at radius 2 is 2.17 bits per heavy atom. The molecule has 5 nitrogen and oxygen atoms in total. The lowest BCUT2D eigenvalue weighted by atomic mass is 9.99. The molecule has 18 heavy (non-hydrogen) atoms. The van der Waals surface area contributed by atoms with Gasteiger partial charge in [-0.05, 0) is 19.8 Å². The fraction of sp³-hybridized carbons (Fsp3) is 0.692. The number of carbonyl (C=O) groups excluding carboxylic acids is 1. The fourth-order valence-electron chi connectivity index (χ4n) is 1.84. The number of nitrogens with zero attached hydrogens (tertiary/aromatic N) is 2. The minimum atomic E-state index is -0.450.